The van der Waals surface area contributed by atoms with Crippen molar-refractivity contribution < 1.29 is 12.8 Å². The maximum Gasteiger partial charge on any atom is 0.216 e. The number of hydrogen-bond acceptors (Lipinski definition) is 3. The average molecular weight is 256 g/mol. The van der Waals surface area contributed by atoms with E-state index in [1.165, 1.54) is 24.3 Å². The second-order valence-corrected chi connectivity index (χ2v) is 5.52. The van der Waals surface area contributed by atoms with Gasteiger partial charge in [-0.1, -0.05) is 12.1 Å². The summed E-state index contributed by atoms with van der Waals surface area (Å²) >= 11 is 0. The molecule has 0 aliphatic carbocycles. The number of hydrogen-bond donors (Lipinski definition) is 1. The number of nitrogens with one attached hydrogen (secondary N) is 1. The van der Waals surface area contributed by atoms with E-state index in [-0.39, 0.29) is 12.2 Å². The summed E-state index contributed by atoms with van der Waals surface area (Å²) in [4.78, 5) is 0. The monoisotopic (exact) mass is 256 g/mol. The summed E-state index contributed by atoms with van der Waals surface area (Å²) in [6, 6.07) is 6.72. The molecule has 0 saturated carbocycles. The number of benzene rings is 1. The molecule has 0 aliphatic heterocycles. The van der Waals surface area contributed by atoms with Crippen LogP contribution in [0.2, 0.25) is 0 Å². The summed E-state index contributed by atoms with van der Waals surface area (Å²) in [5, 5.41) is 8.43. The van der Waals surface area contributed by atoms with Crippen LogP contribution < -0.4 is 4.72 Å². The van der Waals surface area contributed by atoms with Crippen LogP contribution in [0.1, 0.15) is 18.9 Å². The Balaban J connectivity index is 2.67. The molecule has 0 spiro atoms. The van der Waals surface area contributed by atoms with Crippen LogP contribution in [0.5, 0.6) is 0 Å². The fourth-order valence-corrected chi connectivity index (χ4v) is 2.74. The van der Waals surface area contributed by atoms with Gasteiger partial charge in [0.25, 0.3) is 0 Å². The van der Waals surface area contributed by atoms with E-state index in [9.17, 15) is 12.8 Å². The zero-order chi connectivity index (χ0) is 12.9. The van der Waals surface area contributed by atoms with Crippen molar-refractivity contribution in [2.45, 2.75) is 25.1 Å². The smallest absolute Gasteiger partial charge is 0.212 e. The van der Waals surface area contributed by atoms with Gasteiger partial charge in [0.2, 0.25) is 10.0 Å². The van der Waals surface area contributed by atoms with Crippen molar-refractivity contribution in [1.29, 1.82) is 5.26 Å². The lowest BCUT2D eigenvalue weighted by molar-refractivity contribution is 0.562. The third-order valence-electron chi connectivity index (χ3n) is 2.05. The van der Waals surface area contributed by atoms with Crippen LogP contribution in [0.25, 0.3) is 0 Å². The second kappa shape index (κ2) is 5.75. The molecular weight excluding hydrogens is 243 g/mol. The Kier molecular flexibility index (Phi) is 4.61. The largest absolute Gasteiger partial charge is 0.216 e. The molecule has 1 aromatic carbocycles. The highest BCUT2D eigenvalue weighted by atomic mass is 32.2. The lowest BCUT2D eigenvalue weighted by Crippen LogP contribution is -2.33. The van der Waals surface area contributed by atoms with Crippen LogP contribution in [0, 0.1) is 17.1 Å². The molecule has 6 heteroatoms. The van der Waals surface area contributed by atoms with Crippen molar-refractivity contribution in [3.05, 3.63) is 35.6 Å². The molecule has 4 nitrogen and oxygen atoms in total. The molecule has 0 bridgehead atoms. The maximum absolute atomic E-state index is 12.6. The van der Waals surface area contributed by atoms with E-state index < -0.39 is 21.9 Å². The third-order valence-corrected chi connectivity index (χ3v) is 3.52. The first-order valence-electron chi connectivity index (χ1n) is 5.04. The van der Waals surface area contributed by atoms with Crippen molar-refractivity contribution in [3.63, 3.8) is 0 Å². The highest BCUT2D eigenvalue weighted by Gasteiger charge is 2.14. The summed E-state index contributed by atoms with van der Waals surface area (Å²) < 4.78 is 38.3. The maximum atomic E-state index is 12.6. The van der Waals surface area contributed by atoms with Crippen molar-refractivity contribution in [3.8, 4) is 6.07 Å². The van der Waals surface area contributed by atoms with Gasteiger partial charge in [-0.25, -0.2) is 17.5 Å². The predicted molar refractivity (Wildman–Crippen MR) is 61.9 cm³/mol. The number of halogens is 1. The molecule has 0 aliphatic rings. The predicted octanol–water partition coefficient (Wildman–Crippen LogP) is 1.55. The minimum absolute atomic E-state index is 0.114. The van der Waals surface area contributed by atoms with Gasteiger partial charge in [-0.2, -0.15) is 5.26 Å². The van der Waals surface area contributed by atoms with Crippen molar-refractivity contribution >= 4 is 10.0 Å². The van der Waals surface area contributed by atoms with Crippen molar-refractivity contribution in [2.75, 3.05) is 0 Å². The summed E-state index contributed by atoms with van der Waals surface area (Å²) in [6.45, 7) is 1.62. The van der Waals surface area contributed by atoms with Gasteiger partial charge in [0.1, 0.15) is 5.82 Å². The van der Waals surface area contributed by atoms with Crippen LogP contribution >= 0.6 is 0 Å². The standard InChI is InChI=1S/C11H13FN2O2S/c1-9(6-7-13)14-17(15,16)8-10-2-4-11(12)5-3-10/h2-5,9,14H,6,8H2,1H3/t9-/m0/s1. The fraction of sp³-hybridized carbons (Fsp3) is 0.364. The SMILES string of the molecule is C[C@@H](CC#N)NS(=O)(=O)Cc1ccc(F)cc1. The van der Waals surface area contributed by atoms with E-state index in [4.69, 9.17) is 5.26 Å². The number of sulfonamides is 1. The molecule has 1 N–H and O–H groups in total. The van der Waals surface area contributed by atoms with Crippen LogP contribution in [0.3, 0.4) is 0 Å². The van der Waals surface area contributed by atoms with Gasteiger partial charge in [0.15, 0.2) is 0 Å². The lowest BCUT2D eigenvalue weighted by atomic mass is 10.2. The molecule has 0 saturated heterocycles. The molecule has 92 valence electrons. The first-order valence-corrected chi connectivity index (χ1v) is 6.69. The normalized spacial score (nSPS) is 13.0. The Morgan fingerprint density at radius 1 is 1.41 bits per heavy atom. The van der Waals surface area contributed by atoms with Crippen LogP contribution in [-0.2, 0) is 15.8 Å². The highest BCUT2D eigenvalue weighted by Crippen LogP contribution is 2.07. The van der Waals surface area contributed by atoms with Crippen LogP contribution in [0.4, 0.5) is 4.39 Å². The quantitative estimate of drug-likeness (QED) is 0.868. The molecule has 0 amide bonds. The Labute approximate surface area is 100 Å². The molecule has 0 fully saturated rings. The van der Waals surface area contributed by atoms with E-state index in [1.807, 2.05) is 6.07 Å². The van der Waals surface area contributed by atoms with E-state index in [2.05, 4.69) is 4.72 Å². The summed E-state index contributed by atoms with van der Waals surface area (Å²) in [6.07, 6.45) is 0.114. The number of nitriles is 1. The molecule has 1 aromatic rings. The molecular formula is C11H13FN2O2S. The van der Waals surface area contributed by atoms with Crippen molar-refractivity contribution in [2.24, 2.45) is 0 Å². The van der Waals surface area contributed by atoms with Crippen LogP contribution in [-0.4, -0.2) is 14.5 Å². The third kappa shape index (κ3) is 4.93. The minimum Gasteiger partial charge on any atom is -0.212 e. The van der Waals surface area contributed by atoms with Gasteiger partial charge < -0.3 is 0 Å². The van der Waals surface area contributed by atoms with E-state index >= 15 is 0 Å². The van der Waals surface area contributed by atoms with E-state index in [0.717, 1.165) is 0 Å². The average Bonchev–Trinajstić information content (AvgIpc) is 2.20. The van der Waals surface area contributed by atoms with Gasteiger partial charge in [-0.3, -0.25) is 0 Å². The first kappa shape index (κ1) is 13.6. The van der Waals surface area contributed by atoms with Crippen molar-refractivity contribution in [1.82, 2.24) is 4.72 Å². The molecule has 0 heterocycles. The van der Waals surface area contributed by atoms with Gasteiger partial charge in [0, 0.05) is 6.04 Å². The molecule has 1 atom stereocenters. The topological polar surface area (TPSA) is 70.0 Å². The van der Waals surface area contributed by atoms with Gasteiger partial charge in [-0.15, -0.1) is 0 Å². The Hall–Kier alpha value is -1.45. The van der Waals surface area contributed by atoms with E-state index in [0.29, 0.717) is 5.56 Å². The van der Waals surface area contributed by atoms with Gasteiger partial charge >= 0.3 is 0 Å². The first-order chi connectivity index (χ1) is 7.93. The fourth-order valence-electron chi connectivity index (χ4n) is 1.33. The molecule has 0 unspecified atom stereocenters. The van der Waals surface area contributed by atoms with Gasteiger partial charge in [0.05, 0.1) is 18.2 Å². The van der Waals surface area contributed by atoms with E-state index in [1.54, 1.807) is 6.92 Å². The Morgan fingerprint density at radius 3 is 2.53 bits per heavy atom. The van der Waals surface area contributed by atoms with Crippen LogP contribution in [0.15, 0.2) is 24.3 Å². The zero-order valence-electron chi connectivity index (χ0n) is 9.35. The summed E-state index contributed by atoms with van der Waals surface area (Å²) in [5.41, 5.74) is 0.503. The molecule has 1 rings (SSSR count). The molecule has 17 heavy (non-hydrogen) atoms. The minimum atomic E-state index is -3.49. The Bertz CT molecular complexity index is 505. The molecule has 0 radical (unpaired) electrons. The second-order valence-electron chi connectivity index (χ2n) is 3.77. The van der Waals surface area contributed by atoms with Gasteiger partial charge in [-0.05, 0) is 24.6 Å². The Morgan fingerprint density at radius 2 is 2.00 bits per heavy atom. The zero-order valence-corrected chi connectivity index (χ0v) is 10.2. The number of rotatable bonds is 5. The lowest BCUT2D eigenvalue weighted by Gasteiger charge is -2.10. The highest BCUT2D eigenvalue weighted by molar-refractivity contribution is 7.88. The summed E-state index contributed by atoms with van der Waals surface area (Å²) in [7, 11) is -3.49. The molecule has 0 aromatic heterocycles. The summed E-state index contributed by atoms with van der Waals surface area (Å²) in [5.74, 6) is -0.625. The number of nitrogens with zero attached hydrogens (tertiary/aromatic N) is 1.